The molecule has 0 spiro atoms. The first kappa shape index (κ1) is 22.3. The lowest BCUT2D eigenvalue weighted by molar-refractivity contribution is -0.123. The second kappa shape index (κ2) is 9.37. The van der Waals surface area contributed by atoms with E-state index in [4.69, 9.17) is 9.47 Å². The van der Waals surface area contributed by atoms with Crippen LogP contribution in [-0.4, -0.2) is 42.3 Å². The van der Waals surface area contributed by atoms with E-state index in [1.807, 2.05) is 18.2 Å². The van der Waals surface area contributed by atoms with Crippen LogP contribution in [0.5, 0.6) is 11.5 Å². The lowest BCUT2D eigenvalue weighted by Gasteiger charge is -2.27. The van der Waals surface area contributed by atoms with E-state index in [1.165, 1.54) is 6.07 Å². The minimum absolute atomic E-state index is 0.0342. The Labute approximate surface area is 200 Å². The zero-order valence-corrected chi connectivity index (χ0v) is 19.4. The average Bonchev–Trinajstić information content (AvgIpc) is 3.35. The molecule has 2 heterocycles. The van der Waals surface area contributed by atoms with Gasteiger partial charge >= 0.3 is 0 Å². The number of nitrogens with zero attached hydrogens (tertiary/aromatic N) is 2. The number of para-hydroxylation sites is 2. The molecule has 2 N–H and O–H groups in total. The second-order valence-corrected chi connectivity index (χ2v) is 9.81. The molecule has 1 aliphatic rings. The van der Waals surface area contributed by atoms with Crippen LogP contribution in [0.2, 0.25) is 0 Å². The summed E-state index contributed by atoms with van der Waals surface area (Å²) in [5.74, 6) is 0.727. The second-order valence-electron chi connectivity index (χ2n) is 7.60. The SMILES string of the molecule is O=C(NC[C@H]1COc2ccccc2O1)[C@H](NS(=O)(=O)c1cccc2nsnc12)c1ccccc1. The van der Waals surface area contributed by atoms with Crippen LogP contribution in [0.25, 0.3) is 11.0 Å². The predicted molar refractivity (Wildman–Crippen MR) is 126 cm³/mol. The van der Waals surface area contributed by atoms with Crippen molar-refractivity contribution in [1.82, 2.24) is 18.8 Å². The van der Waals surface area contributed by atoms with E-state index in [-0.39, 0.29) is 23.6 Å². The van der Waals surface area contributed by atoms with Crippen molar-refractivity contribution in [3.05, 3.63) is 78.4 Å². The van der Waals surface area contributed by atoms with E-state index in [0.717, 1.165) is 11.7 Å². The number of ether oxygens (including phenoxy) is 2. The molecule has 5 rings (SSSR count). The summed E-state index contributed by atoms with van der Waals surface area (Å²) in [5.41, 5.74) is 1.24. The van der Waals surface area contributed by atoms with Gasteiger partial charge in [0.25, 0.3) is 0 Å². The van der Waals surface area contributed by atoms with Gasteiger partial charge in [0.1, 0.15) is 34.7 Å². The fraction of sp³-hybridized carbons (Fsp3) is 0.174. The Hall–Kier alpha value is -3.54. The summed E-state index contributed by atoms with van der Waals surface area (Å²) >= 11 is 0.927. The molecule has 0 saturated carbocycles. The average molecular weight is 497 g/mol. The molecule has 3 aromatic carbocycles. The largest absolute Gasteiger partial charge is 0.486 e. The molecule has 0 saturated heterocycles. The van der Waals surface area contributed by atoms with Crippen LogP contribution in [0, 0.1) is 0 Å². The van der Waals surface area contributed by atoms with Crippen molar-refractivity contribution in [1.29, 1.82) is 0 Å². The standard InChI is InChI=1S/C23H20N4O5S2/c28-23(24-13-16-14-31-18-10-4-5-11-19(18)32-16)21(15-7-2-1-3-8-15)27-34(29,30)20-12-6-9-17-22(20)26-33-25-17/h1-12,16,21,27H,13-14H2,(H,24,28)/t16-,21+/m0/s1. The van der Waals surface area contributed by atoms with Gasteiger partial charge in [-0.05, 0) is 29.8 Å². The van der Waals surface area contributed by atoms with Gasteiger partial charge in [-0.15, -0.1) is 0 Å². The molecule has 11 heteroatoms. The summed E-state index contributed by atoms with van der Waals surface area (Å²) in [6, 6.07) is 19.5. The summed E-state index contributed by atoms with van der Waals surface area (Å²) in [6.07, 6.45) is -0.415. The van der Waals surface area contributed by atoms with Gasteiger partial charge in [-0.3, -0.25) is 4.79 Å². The Morgan fingerprint density at radius 2 is 1.76 bits per heavy atom. The minimum atomic E-state index is -4.09. The topological polar surface area (TPSA) is 120 Å². The van der Waals surface area contributed by atoms with Crippen LogP contribution in [0.1, 0.15) is 11.6 Å². The highest BCUT2D eigenvalue weighted by atomic mass is 32.2. The maximum absolute atomic E-state index is 13.3. The first-order valence-corrected chi connectivity index (χ1v) is 12.7. The fourth-order valence-electron chi connectivity index (χ4n) is 3.62. The molecule has 1 aromatic heterocycles. The molecule has 1 aliphatic heterocycles. The van der Waals surface area contributed by atoms with Gasteiger partial charge in [0.15, 0.2) is 11.5 Å². The number of carbonyl (C=O) groups is 1. The monoisotopic (exact) mass is 496 g/mol. The molecular formula is C23H20N4O5S2. The number of fused-ring (bicyclic) bond motifs is 2. The Bertz CT molecular complexity index is 1430. The molecule has 0 unspecified atom stereocenters. The van der Waals surface area contributed by atoms with Crippen molar-refractivity contribution < 1.29 is 22.7 Å². The fourth-order valence-corrected chi connectivity index (χ4v) is 5.57. The molecular weight excluding hydrogens is 476 g/mol. The quantitative estimate of drug-likeness (QED) is 0.404. The van der Waals surface area contributed by atoms with Gasteiger partial charge in [0.05, 0.1) is 18.3 Å². The first-order valence-electron chi connectivity index (χ1n) is 10.5. The van der Waals surface area contributed by atoms with Crippen LogP contribution >= 0.6 is 11.7 Å². The molecule has 4 aromatic rings. The van der Waals surface area contributed by atoms with Crippen LogP contribution in [0.15, 0.2) is 77.7 Å². The van der Waals surface area contributed by atoms with Gasteiger partial charge in [-0.2, -0.15) is 13.5 Å². The lowest BCUT2D eigenvalue weighted by Crippen LogP contribution is -2.45. The van der Waals surface area contributed by atoms with Crippen LogP contribution < -0.4 is 19.5 Å². The van der Waals surface area contributed by atoms with Gasteiger partial charge in [0, 0.05) is 0 Å². The zero-order valence-electron chi connectivity index (χ0n) is 17.7. The van der Waals surface area contributed by atoms with Gasteiger partial charge in [-0.25, -0.2) is 8.42 Å². The van der Waals surface area contributed by atoms with E-state index in [1.54, 1.807) is 48.5 Å². The van der Waals surface area contributed by atoms with Gasteiger partial charge in [0.2, 0.25) is 15.9 Å². The highest BCUT2D eigenvalue weighted by Crippen LogP contribution is 2.30. The number of benzene rings is 3. The summed E-state index contributed by atoms with van der Waals surface area (Å²) in [5, 5.41) is 2.79. The molecule has 0 fully saturated rings. The Morgan fingerprint density at radius 1 is 1.00 bits per heavy atom. The molecule has 174 valence electrons. The zero-order chi connectivity index (χ0) is 23.5. The summed E-state index contributed by atoms with van der Waals surface area (Å²) in [4.78, 5) is 13.2. The molecule has 1 amide bonds. The number of hydrogen-bond donors (Lipinski definition) is 2. The Balaban J connectivity index is 1.35. The van der Waals surface area contributed by atoms with Crippen molar-refractivity contribution in [3.8, 4) is 11.5 Å². The van der Waals surface area contributed by atoms with Crippen molar-refractivity contribution in [3.63, 3.8) is 0 Å². The summed E-state index contributed by atoms with van der Waals surface area (Å²) < 4.78 is 48.9. The number of sulfonamides is 1. The third-order valence-corrected chi connectivity index (χ3v) is 7.28. The normalized spacial score (nSPS) is 16.2. The molecule has 0 aliphatic carbocycles. The molecule has 9 nitrogen and oxygen atoms in total. The number of carbonyl (C=O) groups excluding carboxylic acids is 1. The van der Waals surface area contributed by atoms with Crippen LogP contribution in [-0.2, 0) is 14.8 Å². The molecule has 34 heavy (non-hydrogen) atoms. The third-order valence-electron chi connectivity index (χ3n) is 5.28. The molecule has 0 radical (unpaired) electrons. The summed E-state index contributed by atoms with van der Waals surface area (Å²) in [7, 11) is -4.09. The highest BCUT2D eigenvalue weighted by Gasteiger charge is 2.30. The molecule has 2 atom stereocenters. The first-order chi connectivity index (χ1) is 16.5. The number of amides is 1. The highest BCUT2D eigenvalue weighted by molar-refractivity contribution is 7.89. The van der Waals surface area contributed by atoms with Crippen molar-refractivity contribution >= 4 is 38.7 Å². The number of hydrogen-bond acceptors (Lipinski definition) is 8. The van der Waals surface area contributed by atoms with Gasteiger partial charge in [-0.1, -0.05) is 48.5 Å². The Morgan fingerprint density at radius 3 is 2.59 bits per heavy atom. The predicted octanol–water partition coefficient (Wildman–Crippen LogP) is 2.67. The van der Waals surface area contributed by atoms with Crippen molar-refractivity contribution in [2.75, 3.05) is 13.2 Å². The minimum Gasteiger partial charge on any atom is -0.486 e. The van der Waals surface area contributed by atoms with E-state index in [2.05, 4.69) is 18.8 Å². The maximum atomic E-state index is 13.3. The molecule has 0 bridgehead atoms. The van der Waals surface area contributed by atoms with E-state index in [9.17, 15) is 13.2 Å². The lowest BCUT2D eigenvalue weighted by atomic mass is 10.1. The number of rotatable bonds is 7. The maximum Gasteiger partial charge on any atom is 0.243 e. The van der Waals surface area contributed by atoms with Crippen LogP contribution in [0.3, 0.4) is 0 Å². The van der Waals surface area contributed by atoms with E-state index < -0.39 is 28.1 Å². The Kier molecular flexibility index (Phi) is 6.14. The smallest absolute Gasteiger partial charge is 0.243 e. The van der Waals surface area contributed by atoms with Crippen LogP contribution in [0.4, 0.5) is 0 Å². The van der Waals surface area contributed by atoms with E-state index >= 15 is 0 Å². The van der Waals surface area contributed by atoms with Gasteiger partial charge < -0.3 is 14.8 Å². The van der Waals surface area contributed by atoms with Crippen molar-refractivity contribution in [2.45, 2.75) is 17.0 Å². The van der Waals surface area contributed by atoms with E-state index in [0.29, 0.717) is 22.6 Å². The summed E-state index contributed by atoms with van der Waals surface area (Å²) in [6.45, 7) is 0.404. The number of aromatic nitrogens is 2. The third kappa shape index (κ3) is 4.58. The van der Waals surface area contributed by atoms with Crippen molar-refractivity contribution in [2.24, 2.45) is 0 Å². The number of nitrogens with one attached hydrogen (secondary N) is 2.